The maximum Gasteiger partial charge on any atom is 0.356 e. The monoisotopic (exact) mass is 373 g/mol. The molecule has 0 spiro atoms. The third-order valence-corrected chi connectivity index (χ3v) is 4.44. The number of para-hydroxylation sites is 2. The Kier molecular flexibility index (Phi) is 5.63. The van der Waals surface area contributed by atoms with Crippen LogP contribution in [-0.2, 0) is 29.5 Å². The summed E-state index contributed by atoms with van der Waals surface area (Å²) in [5.74, 6) is 0.501. The molecule has 1 aliphatic rings. The maximum absolute atomic E-state index is 12.6. The smallest absolute Gasteiger partial charge is 0.356 e. The number of carbonyl (C=O) groups is 2. The van der Waals surface area contributed by atoms with Crippen LogP contribution < -0.4 is 9.47 Å². The van der Waals surface area contributed by atoms with Gasteiger partial charge in [-0.2, -0.15) is 5.10 Å². The minimum atomic E-state index is -0.423. The highest BCUT2D eigenvalue weighted by molar-refractivity contribution is 5.90. The summed E-state index contributed by atoms with van der Waals surface area (Å²) in [7, 11) is 3.26. The molecule has 0 bridgehead atoms. The van der Waals surface area contributed by atoms with E-state index in [-0.39, 0.29) is 19.1 Å². The summed E-state index contributed by atoms with van der Waals surface area (Å²) in [5, 5.41) is 4.39. The molecule has 2 aromatic rings. The average molecular weight is 373 g/mol. The lowest BCUT2D eigenvalue weighted by Gasteiger charge is -2.26. The van der Waals surface area contributed by atoms with Crippen LogP contribution in [-0.4, -0.2) is 53.4 Å². The average Bonchev–Trinajstić information content (AvgIpc) is 3.01. The molecule has 1 aromatic heterocycles. The molecule has 1 amide bonds. The summed E-state index contributed by atoms with van der Waals surface area (Å²) >= 11 is 0. The minimum Gasteiger partial charge on any atom is -0.493 e. The van der Waals surface area contributed by atoms with Crippen LogP contribution in [0.4, 0.5) is 0 Å². The second kappa shape index (κ2) is 8.11. The number of aryl methyl sites for hydroxylation is 1. The number of aromatic nitrogens is 2. The van der Waals surface area contributed by atoms with Crippen molar-refractivity contribution >= 4 is 11.9 Å². The van der Waals surface area contributed by atoms with Crippen molar-refractivity contribution in [2.45, 2.75) is 19.9 Å². The van der Waals surface area contributed by atoms with Gasteiger partial charge < -0.3 is 19.1 Å². The fourth-order valence-corrected chi connectivity index (χ4v) is 3.14. The first kappa shape index (κ1) is 18.8. The highest BCUT2D eigenvalue weighted by Gasteiger charge is 2.30. The van der Waals surface area contributed by atoms with Crippen molar-refractivity contribution in [2.75, 3.05) is 26.9 Å². The van der Waals surface area contributed by atoms with E-state index in [1.54, 1.807) is 38.1 Å². The van der Waals surface area contributed by atoms with Crippen LogP contribution in [0.5, 0.6) is 11.5 Å². The number of ether oxygens (including phenoxy) is 3. The summed E-state index contributed by atoms with van der Waals surface area (Å²) in [4.78, 5) is 26.5. The maximum atomic E-state index is 12.6. The van der Waals surface area contributed by atoms with Crippen LogP contribution in [0.15, 0.2) is 24.3 Å². The van der Waals surface area contributed by atoms with E-state index in [1.165, 1.54) is 4.68 Å². The SMILES string of the molecule is CCOC(=O)c1c2c(nn1C)CCN(C(=O)COc1ccccc1OC)C2. The molecule has 8 heteroatoms. The molecule has 0 N–H and O–H groups in total. The van der Waals surface area contributed by atoms with Crippen LogP contribution in [0.1, 0.15) is 28.7 Å². The predicted molar refractivity (Wildman–Crippen MR) is 96.8 cm³/mol. The van der Waals surface area contributed by atoms with Crippen molar-refractivity contribution in [1.82, 2.24) is 14.7 Å². The largest absolute Gasteiger partial charge is 0.493 e. The standard InChI is InChI=1S/C19H23N3O5/c1-4-26-19(24)18-13-11-22(10-9-14(13)20-21(18)2)17(23)12-27-16-8-6-5-7-15(16)25-3/h5-8H,4,9-12H2,1-3H3. The Labute approximate surface area is 157 Å². The number of fused-ring (bicyclic) bond motifs is 1. The molecule has 0 saturated carbocycles. The van der Waals surface area contributed by atoms with E-state index in [0.29, 0.717) is 36.7 Å². The van der Waals surface area contributed by atoms with E-state index in [9.17, 15) is 9.59 Å². The zero-order valence-electron chi connectivity index (χ0n) is 15.7. The highest BCUT2D eigenvalue weighted by atomic mass is 16.5. The Bertz CT molecular complexity index is 846. The number of amides is 1. The number of hydrogen-bond donors (Lipinski definition) is 0. The summed E-state index contributed by atoms with van der Waals surface area (Å²) in [6, 6.07) is 7.17. The first-order valence-corrected chi connectivity index (χ1v) is 8.80. The van der Waals surface area contributed by atoms with Crippen molar-refractivity contribution in [3.63, 3.8) is 0 Å². The van der Waals surface area contributed by atoms with Crippen LogP contribution in [0.25, 0.3) is 0 Å². The Hall–Kier alpha value is -3.03. The Morgan fingerprint density at radius 1 is 1.22 bits per heavy atom. The summed E-state index contributed by atoms with van der Waals surface area (Å²) in [6.07, 6.45) is 0.586. The molecule has 0 aliphatic carbocycles. The van der Waals surface area contributed by atoms with Gasteiger partial charge in [-0.15, -0.1) is 0 Å². The van der Waals surface area contributed by atoms with Gasteiger partial charge in [0.05, 0.1) is 26.0 Å². The lowest BCUT2D eigenvalue weighted by atomic mass is 10.1. The fraction of sp³-hybridized carbons (Fsp3) is 0.421. The van der Waals surface area contributed by atoms with Crippen LogP contribution >= 0.6 is 0 Å². The third kappa shape index (κ3) is 3.89. The molecule has 1 aliphatic heterocycles. The molecule has 144 valence electrons. The number of carbonyl (C=O) groups excluding carboxylic acids is 2. The quantitative estimate of drug-likeness (QED) is 0.715. The van der Waals surface area contributed by atoms with E-state index in [0.717, 1.165) is 11.3 Å². The van der Waals surface area contributed by atoms with Gasteiger partial charge in [-0.1, -0.05) is 12.1 Å². The molecule has 0 radical (unpaired) electrons. The number of nitrogens with zero attached hydrogens (tertiary/aromatic N) is 3. The van der Waals surface area contributed by atoms with Gasteiger partial charge in [0.1, 0.15) is 0 Å². The van der Waals surface area contributed by atoms with Crippen LogP contribution in [0.2, 0.25) is 0 Å². The molecule has 0 fully saturated rings. The van der Waals surface area contributed by atoms with Crippen LogP contribution in [0.3, 0.4) is 0 Å². The summed E-state index contributed by atoms with van der Waals surface area (Å²) in [6.45, 7) is 2.77. The molecular formula is C19H23N3O5. The van der Waals surface area contributed by atoms with Crippen molar-refractivity contribution in [3.05, 3.63) is 41.2 Å². The molecule has 0 atom stereocenters. The van der Waals surface area contributed by atoms with Crippen molar-refractivity contribution in [3.8, 4) is 11.5 Å². The number of benzene rings is 1. The van der Waals surface area contributed by atoms with Gasteiger partial charge >= 0.3 is 5.97 Å². The number of rotatable bonds is 6. The first-order valence-electron chi connectivity index (χ1n) is 8.80. The Morgan fingerprint density at radius 2 is 1.96 bits per heavy atom. The molecule has 8 nitrogen and oxygen atoms in total. The van der Waals surface area contributed by atoms with Gasteiger partial charge in [0.2, 0.25) is 0 Å². The second-order valence-corrected chi connectivity index (χ2v) is 6.12. The van der Waals surface area contributed by atoms with Gasteiger partial charge in [0.15, 0.2) is 23.8 Å². The number of hydrogen-bond acceptors (Lipinski definition) is 6. The zero-order chi connectivity index (χ0) is 19.4. The summed E-state index contributed by atoms with van der Waals surface area (Å²) < 4.78 is 17.5. The number of methoxy groups -OCH3 is 1. The molecule has 2 heterocycles. The fourth-order valence-electron chi connectivity index (χ4n) is 3.14. The molecule has 0 saturated heterocycles. The van der Waals surface area contributed by atoms with E-state index in [4.69, 9.17) is 14.2 Å². The number of esters is 1. The van der Waals surface area contributed by atoms with Gasteiger partial charge in [0.25, 0.3) is 5.91 Å². The van der Waals surface area contributed by atoms with Crippen LogP contribution in [0, 0.1) is 0 Å². The summed E-state index contributed by atoms with van der Waals surface area (Å²) in [5.41, 5.74) is 1.97. The third-order valence-electron chi connectivity index (χ3n) is 4.44. The Morgan fingerprint density at radius 3 is 2.67 bits per heavy atom. The zero-order valence-corrected chi connectivity index (χ0v) is 15.7. The van der Waals surface area contributed by atoms with Crippen molar-refractivity contribution in [2.24, 2.45) is 7.05 Å². The van der Waals surface area contributed by atoms with Crippen molar-refractivity contribution < 1.29 is 23.8 Å². The van der Waals surface area contributed by atoms with E-state index < -0.39 is 5.97 Å². The first-order chi connectivity index (χ1) is 13.0. The normalized spacial score (nSPS) is 13.1. The lowest BCUT2D eigenvalue weighted by molar-refractivity contribution is -0.134. The topological polar surface area (TPSA) is 82.9 Å². The molecule has 0 unspecified atom stereocenters. The van der Waals surface area contributed by atoms with Gasteiger partial charge in [-0.25, -0.2) is 4.79 Å². The predicted octanol–water partition coefficient (Wildman–Crippen LogP) is 1.57. The van der Waals surface area contributed by atoms with Gasteiger partial charge in [-0.3, -0.25) is 9.48 Å². The second-order valence-electron chi connectivity index (χ2n) is 6.12. The van der Waals surface area contributed by atoms with Crippen molar-refractivity contribution in [1.29, 1.82) is 0 Å². The lowest BCUT2D eigenvalue weighted by Crippen LogP contribution is -2.39. The molecule has 3 rings (SSSR count). The van der Waals surface area contributed by atoms with E-state index in [1.807, 2.05) is 12.1 Å². The molecule has 27 heavy (non-hydrogen) atoms. The van der Waals surface area contributed by atoms with Gasteiger partial charge in [-0.05, 0) is 19.1 Å². The van der Waals surface area contributed by atoms with E-state index in [2.05, 4.69) is 5.10 Å². The molecule has 1 aromatic carbocycles. The van der Waals surface area contributed by atoms with Gasteiger partial charge in [0, 0.05) is 25.6 Å². The molecular weight excluding hydrogens is 350 g/mol. The minimum absolute atomic E-state index is 0.106. The van der Waals surface area contributed by atoms with E-state index >= 15 is 0 Å². The Balaban J connectivity index is 1.70. The highest BCUT2D eigenvalue weighted by Crippen LogP contribution is 2.26.